The minimum Gasteiger partial charge on any atom is -0.393 e. The number of hydrogen-bond acceptors (Lipinski definition) is 11. The molecule has 0 spiro atoms. The van der Waals surface area contributed by atoms with Gasteiger partial charge < -0.3 is 9.90 Å². The Morgan fingerprint density at radius 1 is 0.909 bits per heavy atom. The van der Waals surface area contributed by atoms with E-state index in [2.05, 4.69) is 29.3 Å². The van der Waals surface area contributed by atoms with E-state index < -0.39 is 42.8 Å². The molecular weight excluding hydrogens is 308 g/mol. The van der Waals surface area contributed by atoms with Crippen molar-refractivity contribution in [3.63, 3.8) is 0 Å². The molecular formula is C11H16O11. The summed E-state index contributed by atoms with van der Waals surface area (Å²) in [7, 11) is 0. The third-order valence-corrected chi connectivity index (χ3v) is 1.85. The first kappa shape index (κ1) is 19.9. The van der Waals surface area contributed by atoms with Crippen LogP contribution in [-0.4, -0.2) is 54.2 Å². The lowest BCUT2D eigenvalue weighted by Gasteiger charge is -2.25. The van der Waals surface area contributed by atoms with Gasteiger partial charge in [-0.1, -0.05) is 0 Å². The van der Waals surface area contributed by atoms with E-state index in [1.165, 1.54) is 0 Å². The Morgan fingerprint density at radius 3 is 1.77 bits per heavy atom. The normalized spacial score (nSPS) is 14.4. The third-order valence-electron chi connectivity index (χ3n) is 1.85. The summed E-state index contributed by atoms with van der Waals surface area (Å²) in [5.74, 6) is -2.61. The largest absolute Gasteiger partial charge is 0.393 e. The molecule has 0 aromatic rings. The molecule has 0 aliphatic rings. The van der Waals surface area contributed by atoms with Crippen LogP contribution in [0.3, 0.4) is 0 Å². The maximum absolute atomic E-state index is 11.0. The van der Waals surface area contributed by atoms with E-state index in [4.69, 9.17) is 0 Å². The van der Waals surface area contributed by atoms with Gasteiger partial charge in [0.15, 0.2) is 24.6 Å². The molecule has 0 aliphatic heterocycles. The van der Waals surface area contributed by atoms with Crippen molar-refractivity contribution in [2.75, 3.05) is 6.61 Å². The maximum atomic E-state index is 11.0. The van der Waals surface area contributed by atoms with Gasteiger partial charge in [-0.3, -0.25) is 14.7 Å². The molecule has 0 radical (unpaired) electrons. The van der Waals surface area contributed by atoms with Crippen LogP contribution in [-0.2, 0) is 48.5 Å². The monoisotopic (exact) mass is 324 g/mol. The van der Waals surface area contributed by atoms with Crippen LogP contribution in [0.4, 0.5) is 0 Å². The van der Waals surface area contributed by atoms with Crippen LogP contribution in [0.5, 0.6) is 0 Å². The highest BCUT2D eigenvalue weighted by Crippen LogP contribution is 2.13. The highest BCUT2D eigenvalue weighted by molar-refractivity contribution is 5.66. The summed E-state index contributed by atoms with van der Waals surface area (Å²) in [6, 6.07) is 0. The molecule has 0 unspecified atom stereocenters. The fraction of sp³-hybridized carbons (Fsp3) is 0.636. The number of aldehydes is 1. The molecule has 3 atom stereocenters. The zero-order valence-electron chi connectivity index (χ0n) is 12.0. The molecule has 0 amide bonds. The summed E-state index contributed by atoms with van der Waals surface area (Å²) < 4.78 is 0. The fourth-order valence-corrected chi connectivity index (χ4v) is 1.05. The van der Waals surface area contributed by atoms with Gasteiger partial charge in [0.1, 0.15) is 0 Å². The summed E-state index contributed by atoms with van der Waals surface area (Å²) >= 11 is 0. The van der Waals surface area contributed by atoms with Crippen LogP contribution in [0, 0.1) is 0 Å². The van der Waals surface area contributed by atoms with Crippen molar-refractivity contribution in [3.8, 4) is 0 Å². The first-order valence-electron chi connectivity index (χ1n) is 5.89. The lowest BCUT2D eigenvalue weighted by Crippen LogP contribution is -2.46. The average Bonchev–Trinajstić information content (AvgIpc) is 2.43. The zero-order chi connectivity index (χ0) is 17.1. The highest BCUT2D eigenvalue weighted by atomic mass is 17.2. The molecule has 0 rings (SSSR count). The SMILES string of the molecule is CC(=O)OO[C@@H]([C@H](C=O)OOC(C)=O)[C@@H](CO)OOC(C)=O. The van der Waals surface area contributed by atoms with E-state index in [0.717, 1.165) is 20.8 Å². The molecule has 0 saturated carbocycles. The first-order valence-corrected chi connectivity index (χ1v) is 5.89. The second-order valence-electron chi connectivity index (χ2n) is 3.80. The molecule has 1 N–H and O–H groups in total. The summed E-state index contributed by atoms with van der Waals surface area (Å²) in [5.41, 5.74) is 0. The number of carbonyl (C=O) groups excluding carboxylic acids is 4. The third kappa shape index (κ3) is 8.26. The van der Waals surface area contributed by atoms with Gasteiger partial charge in [-0.25, -0.2) is 14.4 Å². The zero-order valence-corrected chi connectivity index (χ0v) is 12.0. The Kier molecular flexibility index (Phi) is 9.61. The molecule has 22 heavy (non-hydrogen) atoms. The molecule has 0 aromatic heterocycles. The molecule has 0 aliphatic carbocycles. The maximum Gasteiger partial charge on any atom is 0.339 e. The minimum atomic E-state index is -1.64. The van der Waals surface area contributed by atoms with E-state index in [1.54, 1.807) is 0 Å². The summed E-state index contributed by atoms with van der Waals surface area (Å²) in [4.78, 5) is 69.3. The molecule has 0 saturated heterocycles. The lowest BCUT2D eigenvalue weighted by molar-refractivity contribution is -0.392. The van der Waals surface area contributed by atoms with Crippen molar-refractivity contribution in [1.82, 2.24) is 0 Å². The molecule has 0 fully saturated rings. The van der Waals surface area contributed by atoms with E-state index >= 15 is 0 Å². The quantitative estimate of drug-likeness (QED) is 0.293. The second kappa shape index (κ2) is 10.6. The Bertz CT molecular complexity index is 393. The minimum absolute atomic E-state index is 0.136. The smallest absolute Gasteiger partial charge is 0.339 e. The lowest BCUT2D eigenvalue weighted by atomic mass is 10.1. The van der Waals surface area contributed by atoms with Gasteiger partial charge in [-0.2, -0.15) is 14.7 Å². The van der Waals surface area contributed by atoms with E-state index in [1.807, 2.05) is 0 Å². The van der Waals surface area contributed by atoms with Crippen molar-refractivity contribution in [1.29, 1.82) is 0 Å². The Labute approximate surface area is 124 Å². The van der Waals surface area contributed by atoms with Crippen LogP contribution in [0.15, 0.2) is 0 Å². The Balaban J connectivity index is 5.00. The number of aliphatic hydroxyl groups excluding tert-OH is 1. The molecule has 0 heterocycles. The topological polar surface area (TPSA) is 144 Å². The highest BCUT2D eigenvalue weighted by Gasteiger charge is 2.37. The summed E-state index contributed by atoms with van der Waals surface area (Å²) in [6.45, 7) is 2.21. The molecule has 0 aromatic carbocycles. The van der Waals surface area contributed by atoms with Gasteiger partial charge in [-0.05, 0) is 0 Å². The molecule has 0 bridgehead atoms. The van der Waals surface area contributed by atoms with Crippen LogP contribution < -0.4 is 0 Å². The van der Waals surface area contributed by atoms with Crippen molar-refractivity contribution in [2.45, 2.75) is 39.1 Å². The number of aliphatic hydroxyl groups is 1. The van der Waals surface area contributed by atoms with Crippen molar-refractivity contribution < 1.29 is 53.6 Å². The standard InChI is InChI=1S/C11H16O11/c1-6(14)17-20-9(4-12)11(22-19-8(3)16)10(5-13)21-18-7(2)15/h4,9-11,13H,5H2,1-3H3/t9-,10+,11-/m0/s1. The van der Waals surface area contributed by atoms with Gasteiger partial charge in [0.2, 0.25) is 0 Å². The van der Waals surface area contributed by atoms with Gasteiger partial charge in [0, 0.05) is 20.8 Å². The van der Waals surface area contributed by atoms with Gasteiger partial charge >= 0.3 is 17.9 Å². The first-order chi connectivity index (χ1) is 10.3. The van der Waals surface area contributed by atoms with Crippen molar-refractivity contribution in [2.24, 2.45) is 0 Å². The molecule has 126 valence electrons. The number of rotatable bonds is 10. The number of hydrogen-bond donors (Lipinski definition) is 1. The van der Waals surface area contributed by atoms with Gasteiger partial charge in [0.05, 0.1) is 6.61 Å². The van der Waals surface area contributed by atoms with E-state index in [9.17, 15) is 24.3 Å². The predicted octanol–water partition coefficient (Wildman–Crippen LogP) is -1.23. The average molecular weight is 324 g/mol. The van der Waals surface area contributed by atoms with Crippen LogP contribution in [0.2, 0.25) is 0 Å². The van der Waals surface area contributed by atoms with Crippen LogP contribution in [0.25, 0.3) is 0 Å². The Morgan fingerprint density at radius 2 is 1.36 bits per heavy atom. The van der Waals surface area contributed by atoms with Crippen molar-refractivity contribution in [3.05, 3.63) is 0 Å². The van der Waals surface area contributed by atoms with Crippen LogP contribution in [0.1, 0.15) is 20.8 Å². The summed E-state index contributed by atoms with van der Waals surface area (Å²) in [5, 5.41) is 9.18. The second-order valence-corrected chi connectivity index (χ2v) is 3.80. The van der Waals surface area contributed by atoms with Gasteiger partial charge in [0.25, 0.3) is 0 Å². The van der Waals surface area contributed by atoms with E-state index in [0.29, 0.717) is 0 Å². The fourth-order valence-electron chi connectivity index (χ4n) is 1.05. The number of carbonyl (C=O) groups is 4. The van der Waals surface area contributed by atoms with Crippen molar-refractivity contribution >= 4 is 24.2 Å². The van der Waals surface area contributed by atoms with Gasteiger partial charge in [-0.15, -0.1) is 0 Å². The summed E-state index contributed by atoms with van der Waals surface area (Å²) in [6.07, 6.45) is -4.58. The van der Waals surface area contributed by atoms with Crippen LogP contribution >= 0.6 is 0 Å². The molecule has 11 heteroatoms. The van der Waals surface area contributed by atoms with E-state index in [-0.39, 0.29) is 6.29 Å². The molecule has 11 nitrogen and oxygen atoms in total. The predicted molar refractivity (Wildman–Crippen MR) is 63.1 cm³/mol. The Hall–Kier alpha value is -2.08.